The smallest absolute Gasteiger partial charge is 0.335 e. The quantitative estimate of drug-likeness (QED) is 0.790. The third-order valence-corrected chi connectivity index (χ3v) is 4.06. The second-order valence-corrected chi connectivity index (χ2v) is 7.42. The van der Waals surface area contributed by atoms with Crippen LogP contribution in [0.25, 0.3) is 0 Å². The first-order chi connectivity index (χ1) is 9.92. The van der Waals surface area contributed by atoms with E-state index in [4.69, 9.17) is 9.84 Å². The molecule has 0 saturated heterocycles. The highest BCUT2D eigenvalue weighted by Gasteiger charge is 2.26. The number of carbonyl (C=O) groups excluding carboxylic acids is 1. The maximum Gasteiger partial charge on any atom is 0.335 e. The number of benzene rings is 1. The van der Waals surface area contributed by atoms with Crippen molar-refractivity contribution in [2.45, 2.75) is 44.2 Å². The molecule has 0 aliphatic carbocycles. The topological polar surface area (TPSA) is 110 Å². The van der Waals surface area contributed by atoms with Gasteiger partial charge in [-0.2, -0.15) is 4.72 Å². The standard InChI is InChI=1S/C14H19NO6S/c1-9(13(18)21-14(2,3)4)15-22(19,20)11-7-5-10(6-8-11)12(16)17/h5-9,15H,1-4H3,(H,16,17)/t9-/m0/s1. The van der Waals surface area contributed by atoms with Crippen LogP contribution in [0.15, 0.2) is 29.2 Å². The summed E-state index contributed by atoms with van der Waals surface area (Å²) in [4.78, 5) is 22.4. The first kappa shape index (κ1) is 18.1. The lowest BCUT2D eigenvalue weighted by Crippen LogP contribution is -2.42. The Morgan fingerprint density at radius 2 is 1.68 bits per heavy atom. The molecule has 0 saturated carbocycles. The summed E-state index contributed by atoms with van der Waals surface area (Å²) in [6.45, 7) is 6.40. The summed E-state index contributed by atoms with van der Waals surface area (Å²) in [5.74, 6) is -1.85. The number of esters is 1. The zero-order valence-corrected chi connectivity index (χ0v) is 13.6. The molecule has 1 aromatic rings. The molecule has 2 N–H and O–H groups in total. The summed E-state index contributed by atoms with van der Waals surface area (Å²) in [5, 5.41) is 8.78. The summed E-state index contributed by atoms with van der Waals surface area (Å²) >= 11 is 0. The Bertz CT molecular complexity index is 658. The highest BCUT2D eigenvalue weighted by Crippen LogP contribution is 2.13. The number of hydrogen-bond donors (Lipinski definition) is 2. The van der Waals surface area contributed by atoms with E-state index < -0.39 is 33.6 Å². The van der Waals surface area contributed by atoms with Gasteiger partial charge in [-0.05, 0) is 52.0 Å². The molecule has 1 atom stereocenters. The number of hydrogen-bond acceptors (Lipinski definition) is 5. The first-order valence-electron chi connectivity index (χ1n) is 6.51. The Morgan fingerprint density at radius 3 is 2.09 bits per heavy atom. The van der Waals surface area contributed by atoms with E-state index in [1.807, 2.05) is 0 Å². The highest BCUT2D eigenvalue weighted by molar-refractivity contribution is 7.89. The van der Waals surface area contributed by atoms with E-state index in [-0.39, 0.29) is 10.5 Å². The molecule has 0 aliphatic rings. The van der Waals surface area contributed by atoms with Crippen LogP contribution in [0.3, 0.4) is 0 Å². The lowest BCUT2D eigenvalue weighted by molar-refractivity contribution is -0.156. The predicted molar refractivity (Wildman–Crippen MR) is 79.0 cm³/mol. The molecule has 1 aromatic carbocycles. The van der Waals surface area contributed by atoms with Gasteiger partial charge < -0.3 is 9.84 Å². The molecule has 0 aliphatic heterocycles. The van der Waals surface area contributed by atoms with Crippen molar-refractivity contribution in [2.24, 2.45) is 0 Å². The third kappa shape index (κ3) is 5.12. The molecule has 0 fully saturated rings. The van der Waals surface area contributed by atoms with Gasteiger partial charge in [-0.25, -0.2) is 13.2 Å². The number of carboxylic acid groups (broad SMARTS) is 1. The summed E-state index contributed by atoms with van der Waals surface area (Å²) in [6, 6.07) is 3.61. The maximum atomic E-state index is 12.1. The minimum Gasteiger partial charge on any atom is -0.478 e. The minimum absolute atomic E-state index is 0.0286. The molecule has 0 aromatic heterocycles. The van der Waals surface area contributed by atoms with Crippen molar-refractivity contribution in [3.8, 4) is 0 Å². The van der Waals surface area contributed by atoms with E-state index in [9.17, 15) is 18.0 Å². The lowest BCUT2D eigenvalue weighted by Gasteiger charge is -2.22. The lowest BCUT2D eigenvalue weighted by atomic mass is 10.2. The largest absolute Gasteiger partial charge is 0.478 e. The summed E-state index contributed by atoms with van der Waals surface area (Å²) in [5.41, 5.74) is -0.751. The average molecular weight is 329 g/mol. The van der Waals surface area contributed by atoms with E-state index in [2.05, 4.69) is 4.72 Å². The van der Waals surface area contributed by atoms with Gasteiger partial charge in [0.15, 0.2) is 0 Å². The van der Waals surface area contributed by atoms with Gasteiger partial charge in [-0.1, -0.05) is 0 Å². The van der Waals surface area contributed by atoms with Gasteiger partial charge in [-0.3, -0.25) is 4.79 Å². The van der Waals surface area contributed by atoms with Crippen LogP contribution in [0.1, 0.15) is 38.1 Å². The fourth-order valence-corrected chi connectivity index (χ4v) is 2.71. The monoisotopic (exact) mass is 329 g/mol. The third-order valence-electron chi connectivity index (χ3n) is 2.50. The molecule has 22 heavy (non-hydrogen) atoms. The van der Waals surface area contributed by atoms with E-state index in [0.29, 0.717) is 0 Å². The Kier molecular flexibility index (Phi) is 5.31. The maximum absolute atomic E-state index is 12.1. The van der Waals surface area contributed by atoms with Crippen LogP contribution in [0.4, 0.5) is 0 Å². The van der Waals surface area contributed by atoms with Gasteiger partial charge in [0.2, 0.25) is 10.0 Å². The van der Waals surface area contributed by atoms with Crippen molar-refractivity contribution >= 4 is 22.0 Å². The summed E-state index contributed by atoms with van der Waals surface area (Å²) in [6.07, 6.45) is 0. The van der Waals surface area contributed by atoms with Crippen molar-refractivity contribution < 1.29 is 27.9 Å². The van der Waals surface area contributed by atoms with Gasteiger partial charge in [0.1, 0.15) is 11.6 Å². The zero-order valence-electron chi connectivity index (χ0n) is 12.8. The molecule has 0 amide bonds. The number of rotatable bonds is 5. The second kappa shape index (κ2) is 6.45. The normalized spacial score (nSPS) is 13.5. The van der Waals surface area contributed by atoms with Crippen LogP contribution >= 0.6 is 0 Å². The first-order valence-corrected chi connectivity index (χ1v) is 7.99. The van der Waals surface area contributed by atoms with E-state index in [0.717, 1.165) is 12.1 Å². The number of nitrogens with one attached hydrogen (secondary N) is 1. The number of aromatic carboxylic acids is 1. The van der Waals surface area contributed by atoms with Gasteiger partial charge in [0, 0.05) is 0 Å². The molecule has 8 heteroatoms. The second-order valence-electron chi connectivity index (χ2n) is 5.71. The Balaban J connectivity index is 2.87. The van der Waals surface area contributed by atoms with Crippen LogP contribution < -0.4 is 4.72 Å². The molecule has 0 radical (unpaired) electrons. The van der Waals surface area contributed by atoms with Crippen LogP contribution in [0.2, 0.25) is 0 Å². The van der Waals surface area contributed by atoms with Gasteiger partial charge >= 0.3 is 11.9 Å². The molecule has 0 bridgehead atoms. The summed E-state index contributed by atoms with van der Waals surface area (Å²) < 4.78 is 31.5. The SMILES string of the molecule is C[C@H](NS(=O)(=O)c1ccc(C(=O)O)cc1)C(=O)OC(C)(C)C. The van der Waals surface area contributed by atoms with Crippen LogP contribution in [-0.4, -0.2) is 37.1 Å². The summed E-state index contributed by atoms with van der Waals surface area (Å²) in [7, 11) is -3.95. The van der Waals surface area contributed by atoms with Crippen molar-refractivity contribution in [3.05, 3.63) is 29.8 Å². The highest BCUT2D eigenvalue weighted by atomic mass is 32.2. The fraction of sp³-hybridized carbons (Fsp3) is 0.429. The number of carbonyl (C=O) groups is 2. The van der Waals surface area contributed by atoms with Crippen LogP contribution in [0.5, 0.6) is 0 Å². The van der Waals surface area contributed by atoms with Gasteiger partial charge in [-0.15, -0.1) is 0 Å². The zero-order chi connectivity index (χ0) is 17.1. The molecule has 1 rings (SSSR count). The van der Waals surface area contributed by atoms with E-state index in [1.165, 1.54) is 19.1 Å². The fourth-order valence-electron chi connectivity index (χ4n) is 1.52. The van der Waals surface area contributed by atoms with Crippen molar-refractivity contribution in [1.82, 2.24) is 4.72 Å². The Morgan fingerprint density at radius 1 is 1.18 bits per heavy atom. The predicted octanol–water partition coefficient (Wildman–Crippen LogP) is 1.39. The van der Waals surface area contributed by atoms with Crippen molar-refractivity contribution in [3.63, 3.8) is 0 Å². The molecular weight excluding hydrogens is 310 g/mol. The molecule has 122 valence electrons. The number of sulfonamides is 1. The van der Waals surface area contributed by atoms with Gasteiger partial charge in [0.05, 0.1) is 10.5 Å². The molecule has 7 nitrogen and oxygen atoms in total. The van der Waals surface area contributed by atoms with E-state index in [1.54, 1.807) is 20.8 Å². The molecular formula is C14H19NO6S. The Hall–Kier alpha value is -1.93. The minimum atomic E-state index is -3.95. The van der Waals surface area contributed by atoms with Gasteiger partial charge in [0.25, 0.3) is 0 Å². The molecule has 0 unspecified atom stereocenters. The molecule has 0 spiro atoms. The van der Waals surface area contributed by atoms with E-state index >= 15 is 0 Å². The molecule has 0 heterocycles. The Labute approximate surface area is 129 Å². The average Bonchev–Trinajstić information content (AvgIpc) is 2.36. The van der Waals surface area contributed by atoms with Crippen LogP contribution in [-0.2, 0) is 19.6 Å². The van der Waals surface area contributed by atoms with Crippen molar-refractivity contribution in [1.29, 1.82) is 0 Å². The number of carboxylic acids is 1. The number of ether oxygens (including phenoxy) is 1. The van der Waals surface area contributed by atoms with Crippen molar-refractivity contribution in [2.75, 3.05) is 0 Å². The van der Waals surface area contributed by atoms with Crippen LogP contribution in [0, 0.1) is 0 Å².